The predicted molar refractivity (Wildman–Crippen MR) is 89.2 cm³/mol. The number of aliphatic hydroxyl groups is 1. The van der Waals surface area contributed by atoms with Crippen LogP contribution in [0.3, 0.4) is 0 Å². The molecule has 1 saturated heterocycles. The van der Waals surface area contributed by atoms with E-state index in [0.717, 1.165) is 38.1 Å². The number of rotatable bonds is 4. The van der Waals surface area contributed by atoms with Gasteiger partial charge in [0.2, 0.25) is 0 Å². The summed E-state index contributed by atoms with van der Waals surface area (Å²) in [7, 11) is 0. The number of nitrogens with zero attached hydrogens (tertiary/aromatic N) is 1. The van der Waals surface area contributed by atoms with E-state index in [9.17, 15) is 5.11 Å². The zero-order valence-electron chi connectivity index (χ0n) is 14.4. The van der Waals surface area contributed by atoms with Crippen molar-refractivity contribution in [2.45, 2.75) is 71.3 Å². The fourth-order valence-corrected chi connectivity index (χ4v) is 4.39. The van der Waals surface area contributed by atoms with Crippen LogP contribution in [0.2, 0.25) is 0 Å². The van der Waals surface area contributed by atoms with Gasteiger partial charge in [-0.1, -0.05) is 27.2 Å². The smallest absolute Gasteiger partial charge is 0.0797 e. The lowest BCUT2D eigenvalue weighted by Crippen LogP contribution is -2.42. The van der Waals surface area contributed by atoms with Gasteiger partial charge in [0.15, 0.2) is 0 Å². The molecule has 0 amide bonds. The molecule has 21 heavy (non-hydrogen) atoms. The van der Waals surface area contributed by atoms with E-state index in [2.05, 4.69) is 25.7 Å². The van der Waals surface area contributed by atoms with Gasteiger partial charge < -0.3 is 15.7 Å². The molecule has 3 nitrogen and oxygen atoms in total. The van der Waals surface area contributed by atoms with Crippen molar-refractivity contribution in [3.05, 3.63) is 0 Å². The molecule has 3 atom stereocenters. The van der Waals surface area contributed by atoms with Crippen molar-refractivity contribution in [2.75, 3.05) is 26.2 Å². The highest BCUT2D eigenvalue weighted by molar-refractivity contribution is 4.93. The Kier molecular flexibility index (Phi) is 5.72. The van der Waals surface area contributed by atoms with Gasteiger partial charge in [0.1, 0.15) is 0 Å². The number of hydrogen-bond donors (Lipinski definition) is 2. The Morgan fingerprint density at radius 1 is 1.14 bits per heavy atom. The second kappa shape index (κ2) is 6.97. The van der Waals surface area contributed by atoms with Crippen LogP contribution < -0.4 is 5.73 Å². The molecule has 3 unspecified atom stereocenters. The average molecular weight is 296 g/mol. The lowest BCUT2D eigenvalue weighted by Gasteiger charge is -2.31. The zero-order chi connectivity index (χ0) is 15.5. The molecule has 0 aromatic rings. The standard InChI is InChI=1S/C18H36N2O/c1-17(2,3)15-7-5-11-20(12-8-15)13-9-16-6-4-10-18(16,21)14-19/h15-16,21H,4-14,19H2,1-3H3. The molecule has 2 aliphatic rings. The Morgan fingerprint density at radius 2 is 1.90 bits per heavy atom. The maximum atomic E-state index is 10.6. The summed E-state index contributed by atoms with van der Waals surface area (Å²) in [6.07, 6.45) is 8.35. The van der Waals surface area contributed by atoms with Gasteiger partial charge in [-0.25, -0.2) is 0 Å². The highest BCUT2D eigenvalue weighted by atomic mass is 16.3. The van der Waals surface area contributed by atoms with Crippen LogP contribution in [0, 0.1) is 17.3 Å². The van der Waals surface area contributed by atoms with Crippen LogP contribution in [-0.2, 0) is 0 Å². The SMILES string of the molecule is CC(C)(C)C1CCCN(CCC2CCCC2(O)CN)CC1. The van der Waals surface area contributed by atoms with Gasteiger partial charge >= 0.3 is 0 Å². The number of nitrogens with two attached hydrogens (primary N) is 1. The Morgan fingerprint density at radius 3 is 2.57 bits per heavy atom. The molecule has 0 bridgehead atoms. The van der Waals surface area contributed by atoms with Crippen molar-refractivity contribution in [2.24, 2.45) is 23.0 Å². The number of hydrogen-bond acceptors (Lipinski definition) is 3. The summed E-state index contributed by atoms with van der Waals surface area (Å²) in [5.74, 6) is 1.28. The van der Waals surface area contributed by atoms with Crippen LogP contribution in [0.1, 0.15) is 65.7 Å². The van der Waals surface area contributed by atoms with E-state index in [-0.39, 0.29) is 0 Å². The maximum absolute atomic E-state index is 10.6. The third-order valence-electron chi connectivity index (χ3n) is 6.11. The third kappa shape index (κ3) is 4.43. The molecule has 1 aliphatic heterocycles. The maximum Gasteiger partial charge on any atom is 0.0797 e. The minimum Gasteiger partial charge on any atom is -0.388 e. The van der Waals surface area contributed by atoms with Crippen LogP contribution in [0.25, 0.3) is 0 Å². The molecule has 0 radical (unpaired) electrons. The first-order valence-corrected chi connectivity index (χ1v) is 9.00. The molecule has 124 valence electrons. The van der Waals surface area contributed by atoms with Crippen molar-refractivity contribution >= 4 is 0 Å². The summed E-state index contributed by atoms with van der Waals surface area (Å²) in [6, 6.07) is 0. The van der Waals surface area contributed by atoms with Crippen molar-refractivity contribution in [3.63, 3.8) is 0 Å². The van der Waals surface area contributed by atoms with Crippen molar-refractivity contribution in [1.82, 2.24) is 4.90 Å². The van der Waals surface area contributed by atoms with Gasteiger partial charge in [-0.05, 0) is 75.4 Å². The van der Waals surface area contributed by atoms with Crippen molar-refractivity contribution < 1.29 is 5.11 Å². The van der Waals surface area contributed by atoms with Gasteiger partial charge in [-0.2, -0.15) is 0 Å². The third-order valence-corrected chi connectivity index (χ3v) is 6.11. The molecule has 1 aliphatic carbocycles. The molecule has 2 fully saturated rings. The molecular formula is C18H36N2O. The molecule has 3 heteroatoms. The van der Waals surface area contributed by atoms with Crippen molar-refractivity contribution in [1.29, 1.82) is 0 Å². The first-order chi connectivity index (χ1) is 9.85. The fourth-order valence-electron chi connectivity index (χ4n) is 4.39. The quantitative estimate of drug-likeness (QED) is 0.838. The Hall–Kier alpha value is -0.120. The van der Waals surface area contributed by atoms with Crippen LogP contribution >= 0.6 is 0 Å². The minimum atomic E-state index is -0.570. The summed E-state index contributed by atoms with van der Waals surface area (Å²) < 4.78 is 0. The van der Waals surface area contributed by atoms with Gasteiger partial charge in [0.25, 0.3) is 0 Å². The Bertz CT molecular complexity index is 326. The summed E-state index contributed by atoms with van der Waals surface area (Å²) >= 11 is 0. The lowest BCUT2D eigenvalue weighted by molar-refractivity contribution is 0.00460. The van der Waals surface area contributed by atoms with Crippen LogP contribution in [0.5, 0.6) is 0 Å². The second-order valence-electron chi connectivity index (χ2n) is 8.52. The number of likely N-dealkylation sites (tertiary alicyclic amines) is 1. The molecule has 0 aromatic heterocycles. The lowest BCUT2D eigenvalue weighted by atomic mass is 9.77. The van der Waals surface area contributed by atoms with E-state index in [4.69, 9.17) is 5.73 Å². The van der Waals surface area contributed by atoms with E-state index in [1.807, 2.05) is 0 Å². The zero-order valence-corrected chi connectivity index (χ0v) is 14.4. The fraction of sp³-hybridized carbons (Fsp3) is 1.00. The van der Waals surface area contributed by atoms with E-state index in [0.29, 0.717) is 17.9 Å². The summed E-state index contributed by atoms with van der Waals surface area (Å²) in [5.41, 5.74) is 5.67. The van der Waals surface area contributed by atoms with Gasteiger partial charge in [-0.15, -0.1) is 0 Å². The van der Waals surface area contributed by atoms with E-state index < -0.39 is 5.60 Å². The normalized spacial score (nSPS) is 35.9. The molecule has 1 saturated carbocycles. The highest BCUT2D eigenvalue weighted by Crippen LogP contribution is 2.38. The average Bonchev–Trinajstić information content (AvgIpc) is 2.63. The predicted octanol–water partition coefficient (Wildman–Crippen LogP) is 3.01. The summed E-state index contributed by atoms with van der Waals surface area (Å²) in [6.45, 7) is 11.2. The second-order valence-corrected chi connectivity index (χ2v) is 8.52. The summed E-state index contributed by atoms with van der Waals surface area (Å²) in [5, 5.41) is 10.6. The molecule has 2 rings (SSSR count). The topological polar surface area (TPSA) is 49.5 Å². The van der Waals surface area contributed by atoms with Crippen LogP contribution in [0.15, 0.2) is 0 Å². The molecule has 3 N–H and O–H groups in total. The van der Waals surface area contributed by atoms with Crippen molar-refractivity contribution in [3.8, 4) is 0 Å². The largest absolute Gasteiger partial charge is 0.388 e. The van der Waals surface area contributed by atoms with E-state index in [1.165, 1.54) is 32.4 Å². The van der Waals surface area contributed by atoms with E-state index in [1.54, 1.807) is 0 Å². The van der Waals surface area contributed by atoms with Gasteiger partial charge in [0, 0.05) is 6.54 Å². The molecule has 0 aromatic carbocycles. The Balaban J connectivity index is 1.79. The first-order valence-electron chi connectivity index (χ1n) is 9.00. The molecule has 1 heterocycles. The highest BCUT2D eigenvalue weighted by Gasteiger charge is 2.39. The Labute approximate surface area is 131 Å². The summed E-state index contributed by atoms with van der Waals surface area (Å²) in [4.78, 5) is 2.63. The molecule has 0 spiro atoms. The first kappa shape index (κ1) is 17.2. The van der Waals surface area contributed by atoms with Crippen LogP contribution in [-0.4, -0.2) is 41.8 Å². The minimum absolute atomic E-state index is 0.421. The molecular weight excluding hydrogens is 260 g/mol. The monoisotopic (exact) mass is 296 g/mol. The van der Waals surface area contributed by atoms with Gasteiger partial charge in [-0.3, -0.25) is 0 Å². The van der Waals surface area contributed by atoms with Crippen LogP contribution in [0.4, 0.5) is 0 Å². The van der Waals surface area contributed by atoms with E-state index >= 15 is 0 Å². The van der Waals surface area contributed by atoms with Gasteiger partial charge in [0.05, 0.1) is 5.60 Å².